The van der Waals surface area contributed by atoms with E-state index in [0.717, 1.165) is 42.5 Å². The van der Waals surface area contributed by atoms with E-state index in [1.807, 2.05) is 13.8 Å². The maximum Gasteiger partial charge on any atom is 0.112 e. The van der Waals surface area contributed by atoms with Crippen molar-refractivity contribution in [2.24, 2.45) is 4.99 Å². The van der Waals surface area contributed by atoms with Gasteiger partial charge in [0, 0.05) is 19.2 Å². The first kappa shape index (κ1) is 20.3. The summed E-state index contributed by atoms with van der Waals surface area (Å²) in [4.78, 5) is 4.22. The van der Waals surface area contributed by atoms with Gasteiger partial charge < -0.3 is 5.32 Å². The van der Waals surface area contributed by atoms with Crippen LogP contribution in [0.15, 0.2) is 59.3 Å². The Kier molecular flexibility index (Phi) is 8.51. The molecule has 0 bridgehead atoms. The number of rotatable bonds is 8. The van der Waals surface area contributed by atoms with Crippen LogP contribution in [0.25, 0.3) is 5.70 Å². The predicted molar refractivity (Wildman–Crippen MR) is 116 cm³/mol. The molecular formula is C21H30N4S. The molecule has 1 heterocycles. The number of allylic oxidation sites excluding steroid dienone is 4. The van der Waals surface area contributed by atoms with Crippen molar-refractivity contribution < 1.29 is 0 Å². The van der Waals surface area contributed by atoms with Crippen molar-refractivity contribution in [2.45, 2.75) is 33.2 Å². The van der Waals surface area contributed by atoms with Crippen molar-refractivity contribution in [3.05, 3.63) is 65.4 Å². The van der Waals surface area contributed by atoms with Gasteiger partial charge in [0.1, 0.15) is 5.84 Å². The molecule has 0 amide bonds. The summed E-state index contributed by atoms with van der Waals surface area (Å²) in [6.07, 6.45) is 10.7. The van der Waals surface area contributed by atoms with E-state index in [0.29, 0.717) is 0 Å². The molecular weight excluding hydrogens is 340 g/mol. The molecule has 0 unspecified atom stereocenters. The second kappa shape index (κ2) is 10.9. The number of unbranched alkanes of at least 4 members (excludes halogenated alkanes) is 1. The Morgan fingerprint density at radius 1 is 1.23 bits per heavy atom. The van der Waals surface area contributed by atoms with Crippen LogP contribution in [0, 0.1) is 0 Å². The molecule has 0 fully saturated rings. The lowest BCUT2D eigenvalue weighted by Gasteiger charge is -2.31. The van der Waals surface area contributed by atoms with E-state index in [-0.39, 0.29) is 0 Å². The third-order valence-corrected chi connectivity index (χ3v) is 4.58. The van der Waals surface area contributed by atoms with E-state index in [1.165, 1.54) is 17.5 Å². The van der Waals surface area contributed by atoms with Crippen molar-refractivity contribution in [1.29, 1.82) is 0 Å². The first-order valence-electron chi connectivity index (χ1n) is 9.15. The van der Waals surface area contributed by atoms with Crippen LogP contribution in [0.4, 0.5) is 0 Å². The van der Waals surface area contributed by atoms with Gasteiger partial charge in [0.15, 0.2) is 0 Å². The van der Waals surface area contributed by atoms with Gasteiger partial charge in [-0.3, -0.25) is 15.4 Å². The Morgan fingerprint density at radius 2 is 2.00 bits per heavy atom. The summed E-state index contributed by atoms with van der Waals surface area (Å²) in [5, 5.41) is 5.56. The van der Waals surface area contributed by atoms with E-state index >= 15 is 0 Å². The van der Waals surface area contributed by atoms with E-state index in [2.05, 4.69) is 81.9 Å². The van der Waals surface area contributed by atoms with Crippen molar-refractivity contribution >= 4 is 24.2 Å². The highest BCUT2D eigenvalue weighted by Crippen LogP contribution is 2.26. The molecule has 0 aromatic heterocycles. The maximum absolute atomic E-state index is 4.24. The van der Waals surface area contributed by atoms with Crippen LogP contribution in [0.1, 0.15) is 37.8 Å². The lowest BCUT2D eigenvalue weighted by molar-refractivity contribution is 0.449. The summed E-state index contributed by atoms with van der Waals surface area (Å²) in [5.41, 5.74) is 8.03. The first-order valence-corrected chi connectivity index (χ1v) is 9.78. The smallest absolute Gasteiger partial charge is 0.112 e. The van der Waals surface area contributed by atoms with Gasteiger partial charge in [-0.05, 0) is 56.7 Å². The van der Waals surface area contributed by atoms with E-state index in [9.17, 15) is 0 Å². The van der Waals surface area contributed by atoms with Crippen LogP contribution in [0.5, 0.6) is 0 Å². The lowest BCUT2D eigenvalue weighted by Crippen LogP contribution is -2.39. The molecule has 2 rings (SSSR count). The van der Waals surface area contributed by atoms with Crippen LogP contribution in [-0.2, 0) is 6.54 Å². The Hall–Kier alpha value is -1.98. The molecule has 4 nitrogen and oxygen atoms in total. The highest BCUT2D eigenvalue weighted by molar-refractivity contribution is 7.80. The Balaban J connectivity index is 2.07. The molecule has 1 aromatic carbocycles. The van der Waals surface area contributed by atoms with E-state index in [4.69, 9.17) is 0 Å². The van der Waals surface area contributed by atoms with Gasteiger partial charge in [-0.2, -0.15) is 12.6 Å². The summed E-state index contributed by atoms with van der Waals surface area (Å²) in [6.45, 7) is 5.94. The number of amidine groups is 1. The molecule has 0 spiro atoms. The van der Waals surface area contributed by atoms with Crippen LogP contribution in [0.3, 0.4) is 0 Å². The molecule has 0 radical (unpaired) electrons. The third-order valence-electron chi connectivity index (χ3n) is 4.27. The fraction of sp³-hybridized carbons (Fsp3) is 0.381. The topological polar surface area (TPSA) is 39.7 Å². The Bertz CT molecular complexity index is 686. The van der Waals surface area contributed by atoms with Gasteiger partial charge in [-0.15, -0.1) is 0 Å². The zero-order chi connectivity index (χ0) is 18.8. The zero-order valence-corrected chi connectivity index (χ0v) is 16.9. The van der Waals surface area contributed by atoms with Gasteiger partial charge in [0.25, 0.3) is 0 Å². The monoisotopic (exact) mass is 370 g/mol. The molecule has 0 atom stereocenters. The lowest BCUT2D eigenvalue weighted by atomic mass is 10.1. The minimum Gasteiger partial charge on any atom is -0.313 e. The molecule has 1 aliphatic heterocycles. The standard InChI is InChI=1S/C21H30N4S/c1-4-20-8-7-9-21(25(20)24-17(2)22-3)19-12-10-18(11-13-19)16-23-14-5-6-15-26/h4,7-13,23,26H,5-6,14-16H2,1-3H3,(H,22,24)/b20-4-. The van der Waals surface area contributed by atoms with Crippen molar-refractivity contribution in [1.82, 2.24) is 15.8 Å². The van der Waals surface area contributed by atoms with Crippen molar-refractivity contribution in [3.8, 4) is 0 Å². The summed E-state index contributed by atoms with van der Waals surface area (Å²) in [5.74, 6) is 1.83. The second-order valence-electron chi connectivity index (χ2n) is 6.19. The second-order valence-corrected chi connectivity index (χ2v) is 6.63. The number of benzene rings is 1. The molecule has 140 valence electrons. The first-order chi connectivity index (χ1) is 12.7. The molecule has 1 aromatic rings. The van der Waals surface area contributed by atoms with Crippen molar-refractivity contribution in [2.75, 3.05) is 19.3 Å². The van der Waals surface area contributed by atoms with Gasteiger partial charge in [-0.1, -0.05) is 36.4 Å². The highest BCUT2D eigenvalue weighted by atomic mass is 32.1. The number of hydrogen-bond donors (Lipinski definition) is 3. The van der Waals surface area contributed by atoms with Gasteiger partial charge in [-0.25, -0.2) is 0 Å². The van der Waals surface area contributed by atoms with Crippen LogP contribution >= 0.6 is 12.6 Å². The van der Waals surface area contributed by atoms with Gasteiger partial charge in [0.2, 0.25) is 0 Å². The van der Waals surface area contributed by atoms with Crippen LogP contribution in [-0.4, -0.2) is 30.2 Å². The van der Waals surface area contributed by atoms with Crippen LogP contribution in [0.2, 0.25) is 0 Å². The predicted octanol–water partition coefficient (Wildman–Crippen LogP) is 4.16. The molecule has 0 aliphatic carbocycles. The fourth-order valence-corrected chi connectivity index (χ4v) is 2.92. The summed E-state index contributed by atoms with van der Waals surface area (Å²) in [6, 6.07) is 8.73. The van der Waals surface area contributed by atoms with Crippen LogP contribution < -0.4 is 10.7 Å². The number of nitrogens with one attached hydrogen (secondary N) is 2. The zero-order valence-electron chi connectivity index (χ0n) is 16.0. The average molecular weight is 371 g/mol. The number of hydrogen-bond acceptors (Lipinski definition) is 4. The summed E-state index contributed by atoms with van der Waals surface area (Å²) >= 11 is 4.24. The highest BCUT2D eigenvalue weighted by Gasteiger charge is 2.17. The number of hydrazine groups is 1. The molecule has 0 saturated heterocycles. The normalized spacial score (nSPS) is 16.2. The Morgan fingerprint density at radius 3 is 2.65 bits per heavy atom. The quantitative estimate of drug-likeness (QED) is 0.279. The molecule has 5 heteroatoms. The summed E-state index contributed by atoms with van der Waals surface area (Å²) < 4.78 is 0. The largest absolute Gasteiger partial charge is 0.313 e. The van der Waals surface area contributed by atoms with Gasteiger partial charge in [0.05, 0.1) is 11.4 Å². The van der Waals surface area contributed by atoms with Crippen molar-refractivity contribution in [3.63, 3.8) is 0 Å². The SMILES string of the molecule is C/C=C1/C=CC=C(c2ccc(CNCCCCS)cc2)N1NC(C)=NC. The maximum atomic E-state index is 4.24. The number of nitrogens with zero attached hydrogens (tertiary/aromatic N) is 2. The van der Waals surface area contributed by atoms with E-state index in [1.54, 1.807) is 7.05 Å². The third kappa shape index (κ3) is 5.78. The molecule has 0 saturated carbocycles. The summed E-state index contributed by atoms with van der Waals surface area (Å²) in [7, 11) is 1.79. The average Bonchev–Trinajstić information content (AvgIpc) is 2.68. The fourth-order valence-electron chi connectivity index (χ4n) is 2.70. The number of thiol groups is 1. The number of aliphatic imine (C=N–C) groups is 1. The Labute approximate surface area is 163 Å². The molecule has 1 aliphatic rings. The van der Waals surface area contributed by atoms with E-state index < -0.39 is 0 Å². The minimum absolute atomic E-state index is 0.868. The minimum atomic E-state index is 0.868. The molecule has 26 heavy (non-hydrogen) atoms. The molecule has 2 N–H and O–H groups in total. The van der Waals surface area contributed by atoms with Gasteiger partial charge >= 0.3 is 0 Å².